The maximum absolute atomic E-state index is 11.9. The number of hydrogen-bond donors (Lipinski definition) is 2. The Hall–Kier alpha value is -2.05. The average molecular weight is 264 g/mol. The van der Waals surface area contributed by atoms with Gasteiger partial charge in [-0.3, -0.25) is 9.78 Å². The van der Waals surface area contributed by atoms with E-state index < -0.39 is 0 Å². The zero-order valence-electron chi connectivity index (χ0n) is 9.30. The van der Waals surface area contributed by atoms with E-state index in [1.807, 2.05) is 0 Å². The molecular formula is C11H10ClN5O. The second kappa shape index (κ2) is 5.52. The summed E-state index contributed by atoms with van der Waals surface area (Å²) in [6, 6.07) is 6.33. The number of nitrogens with two attached hydrogens (primary N) is 1. The van der Waals surface area contributed by atoms with Gasteiger partial charge in [-0.25, -0.2) is 0 Å². The topological polar surface area (TPSA) is 93.8 Å². The lowest BCUT2D eigenvalue weighted by atomic mass is 10.2. The molecule has 7 heteroatoms. The van der Waals surface area contributed by atoms with Crippen molar-refractivity contribution in [1.29, 1.82) is 0 Å². The van der Waals surface area contributed by atoms with E-state index in [0.29, 0.717) is 17.1 Å². The van der Waals surface area contributed by atoms with Crippen molar-refractivity contribution in [3.05, 3.63) is 46.9 Å². The molecule has 2 aromatic rings. The third-order valence-corrected chi connectivity index (χ3v) is 2.36. The molecule has 6 nitrogen and oxygen atoms in total. The van der Waals surface area contributed by atoms with Gasteiger partial charge in [-0.15, -0.1) is 10.2 Å². The van der Waals surface area contributed by atoms with Crippen molar-refractivity contribution >= 4 is 23.3 Å². The van der Waals surface area contributed by atoms with Crippen LogP contribution in [0.25, 0.3) is 0 Å². The molecular weight excluding hydrogens is 254 g/mol. The Balaban J connectivity index is 2.14. The molecule has 1 amide bonds. The summed E-state index contributed by atoms with van der Waals surface area (Å²) in [6.07, 6.45) is 1.53. The zero-order valence-corrected chi connectivity index (χ0v) is 10.1. The zero-order chi connectivity index (χ0) is 13.0. The van der Waals surface area contributed by atoms with Crippen LogP contribution in [0.4, 0.5) is 5.82 Å². The van der Waals surface area contributed by atoms with Crippen LogP contribution in [-0.4, -0.2) is 21.1 Å². The van der Waals surface area contributed by atoms with Crippen LogP contribution in [0.1, 0.15) is 16.1 Å². The van der Waals surface area contributed by atoms with E-state index >= 15 is 0 Å². The largest absolute Gasteiger partial charge is 0.325 e. The highest BCUT2D eigenvalue weighted by Crippen LogP contribution is 2.08. The second-order valence-electron chi connectivity index (χ2n) is 3.44. The fourth-order valence-corrected chi connectivity index (χ4v) is 1.40. The molecule has 0 spiro atoms. The van der Waals surface area contributed by atoms with Crippen LogP contribution in [-0.2, 0) is 6.54 Å². The van der Waals surface area contributed by atoms with Gasteiger partial charge in [0.05, 0.1) is 5.69 Å². The van der Waals surface area contributed by atoms with Crippen LogP contribution >= 0.6 is 11.6 Å². The molecule has 2 heterocycles. The molecule has 0 saturated heterocycles. The number of halogens is 1. The molecule has 3 N–H and O–H groups in total. The molecule has 0 unspecified atom stereocenters. The van der Waals surface area contributed by atoms with E-state index in [2.05, 4.69) is 20.5 Å². The van der Waals surface area contributed by atoms with Gasteiger partial charge in [-0.1, -0.05) is 11.6 Å². The summed E-state index contributed by atoms with van der Waals surface area (Å²) in [4.78, 5) is 15.9. The highest BCUT2D eigenvalue weighted by atomic mass is 35.5. The highest BCUT2D eigenvalue weighted by molar-refractivity contribution is 6.29. The van der Waals surface area contributed by atoms with Crippen molar-refractivity contribution in [2.45, 2.75) is 6.54 Å². The number of aromatic nitrogens is 3. The van der Waals surface area contributed by atoms with Gasteiger partial charge in [0.2, 0.25) is 0 Å². The molecule has 0 radical (unpaired) electrons. The lowest BCUT2D eigenvalue weighted by Crippen LogP contribution is -2.14. The normalized spacial score (nSPS) is 10.1. The van der Waals surface area contributed by atoms with Gasteiger partial charge in [-0.2, -0.15) is 0 Å². The van der Waals surface area contributed by atoms with Crippen molar-refractivity contribution in [3.63, 3.8) is 0 Å². The number of rotatable bonds is 3. The van der Waals surface area contributed by atoms with Gasteiger partial charge >= 0.3 is 0 Å². The van der Waals surface area contributed by atoms with Gasteiger partial charge in [0.15, 0.2) is 11.0 Å². The quantitative estimate of drug-likeness (QED) is 0.869. The molecule has 0 fully saturated rings. The van der Waals surface area contributed by atoms with Crippen LogP contribution < -0.4 is 11.1 Å². The first-order valence-electron chi connectivity index (χ1n) is 5.14. The first-order chi connectivity index (χ1) is 8.69. The number of nitrogens with one attached hydrogen (secondary N) is 1. The van der Waals surface area contributed by atoms with Crippen molar-refractivity contribution in [2.75, 3.05) is 5.32 Å². The minimum absolute atomic E-state index is 0.266. The standard InChI is InChI=1S/C11H10ClN5O/c12-9-1-2-10(17-16-9)15-11(18)7-3-4-14-8(5-7)6-13/h1-5H,6,13H2,(H,15,17,18). The molecule has 0 aliphatic rings. The number of nitrogens with zero attached hydrogens (tertiary/aromatic N) is 3. The fourth-order valence-electron chi connectivity index (χ4n) is 1.30. The van der Waals surface area contributed by atoms with E-state index in [1.165, 1.54) is 6.20 Å². The first-order valence-corrected chi connectivity index (χ1v) is 5.52. The highest BCUT2D eigenvalue weighted by Gasteiger charge is 2.08. The summed E-state index contributed by atoms with van der Waals surface area (Å²) in [5, 5.41) is 10.2. The lowest BCUT2D eigenvalue weighted by Gasteiger charge is -2.04. The van der Waals surface area contributed by atoms with Crippen LogP contribution in [0, 0.1) is 0 Å². The maximum Gasteiger partial charge on any atom is 0.256 e. The predicted octanol–water partition coefficient (Wildman–Crippen LogP) is 1.24. The Kier molecular flexibility index (Phi) is 3.81. The second-order valence-corrected chi connectivity index (χ2v) is 3.82. The molecule has 18 heavy (non-hydrogen) atoms. The summed E-state index contributed by atoms with van der Waals surface area (Å²) in [6.45, 7) is 0.280. The Morgan fingerprint density at radius 1 is 1.33 bits per heavy atom. The summed E-state index contributed by atoms with van der Waals surface area (Å²) in [5.74, 6) is 0.0271. The van der Waals surface area contributed by atoms with E-state index in [-0.39, 0.29) is 17.6 Å². The number of hydrogen-bond acceptors (Lipinski definition) is 5. The van der Waals surface area contributed by atoms with Crippen molar-refractivity contribution in [3.8, 4) is 0 Å². The van der Waals surface area contributed by atoms with Crippen molar-refractivity contribution in [1.82, 2.24) is 15.2 Å². The number of carbonyl (C=O) groups is 1. The summed E-state index contributed by atoms with van der Waals surface area (Å²) >= 11 is 5.60. The molecule has 0 aliphatic carbocycles. The monoisotopic (exact) mass is 263 g/mol. The molecule has 2 rings (SSSR count). The molecule has 0 bridgehead atoms. The van der Waals surface area contributed by atoms with Crippen LogP contribution in [0.15, 0.2) is 30.5 Å². The Morgan fingerprint density at radius 3 is 2.83 bits per heavy atom. The Labute approximate surface area is 108 Å². The summed E-state index contributed by atoms with van der Waals surface area (Å²) < 4.78 is 0. The van der Waals surface area contributed by atoms with E-state index in [0.717, 1.165) is 0 Å². The molecule has 0 aliphatic heterocycles. The lowest BCUT2D eigenvalue weighted by molar-refractivity contribution is 0.102. The number of anilines is 1. The fraction of sp³-hybridized carbons (Fsp3) is 0.0909. The summed E-state index contributed by atoms with van der Waals surface area (Å²) in [5.41, 5.74) is 6.56. The van der Waals surface area contributed by atoms with Crippen LogP contribution in [0.5, 0.6) is 0 Å². The van der Waals surface area contributed by atoms with Gasteiger partial charge < -0.3 is 11.1 Å². The third kappa shape index (κ3) is 2.99. The summed E-state index contributed by atoms with van der Waals surface area (Å²) in [7, 11) is 0. The van der Waals surface area contributed by atoms with E-state index in [4.69, 9.17) is 17.3 Å². The van der Waals surface area contributed by atoms with Gasteiger partial charge in [-0.05, 0) is 24.3 Å². The van der Waals surface area contributed by atoms with Gasteiger partial charge in [0, 0.05) is 18.3 Å². The van der Waals surface area contributed by atoms with Crippen LogP contribution in [0.2, 0.25) is 5.15 Å². The predicted molar refractivity (Wildman–Crippen MR) is 67.1 cm³/mol. The van der Waals surface area contributed by atoms with Gasteiger partial charge in [0.25, 0.3) is 5.91 Å². The smallest absolute Gasteiger partial charge is 0.256 e. The minimum Gasteiger partial charge on any atom is -0.325 e. The molecule has 2 aromatic heterocycles. The van der Waals surface area contributed by atoms with Crippen LogP contribution in [0.3, 0.4) is 0 Å². The van der Waals surface area contributed by atoms with E-state index in [1.54, 1.807) is 24.3 Å². The maximum atomic E-state index is 11.9. The Morgan fingerprint density at radius 2 is 2.17 bits per heavy atom. The molecule has 0 atom stereocenters. The van der Waals surface area contributed by atoms with Crippen molar-refractivity contribution in [2.24, 2.45) is 5.73 Å². The van der Waals surface area contributed by atoms with Crippen molar-refractivity contribution < 1.29 is 4.79 Å². The average Bonchev–Trinajstić information content (AvgIpc) is 2.41. The van der Waals surface area contributed by atoms with E-state index in [9.17, 15) is 4.79 Å². The van der Waals surface area contributed by atoms with Gasteiger partial charge in [0.1, 0.15) is 0 Å². The first kappa shape index (κ1) is 12.4. The molecule has 0 aromatic carbocycles. The minimum atomic E-state index is -0.302. The number of pyridine rings is 1. The molecule has 0 saturated carbocycles. The number of carbonyl (C=O) groups excluding carboxylic acids is 1. The number of amides is 1. The molecule has 92 valence electrons. The SMILES string of the molecule is NCc1cc(C(=O)Nc2ccc(Cl)nn2)ccn1. The third-order valence-electron chi connectivity index (χ3n) is 2.16. The Bertz CT molecular complexity index is 558.